The quantitative estimate of drug-likeness (QED) is 0.0944. The number of hydrogen-bond donors (Lipinski definition) is 5. The number of phosphoric acid groups is 3. The highest BCUT2D eigenvalue weighted by Gasteiger charge is 2.45. The Morgan fingerprint density at radius 2 is 1.86 bits per heavy atom. The molecule has 0 saturated carbocycles. The Morgan fingerprint density at radius 1 is 1.19 bits per heavy atom. The van der Waals surface area contributed by atoms with Crippen LogP contribution in [-0.2, 0) is 36.4 Å². The molecule has 202 valence electrons. The van der Waals surface area contributed by atoms with Gasteiger partial charge in [0.1, 0.15) is 18.3 Å². The van der Waals surface area contributed by atoms with Crippen molar-refractivity contribution in [2.75, 3.05) is 11.9 Å². The van der Waals surface area contributed by atoms with Crippen LogP contribution in [0.4, 0.5) is 5.95 Å². The standard InChI is InChI=1S/C12H18N5O16P3/c18-1-5(19)14-12-15-9-6(10(22)16-12)13-3-17(9)11-8(21)7(20)4(31-11)2-30-35(26,27)33-36(28,29)32-34(23,24)25/h1,3-5,7-8,11,19-21H,2H2,(H,26,27)(H,28,29)(H2,23,24,25)(H2,14,15,16,22)/p-4/t4-,5?,7-,8-,11-/m1/s1. The van der Waals surface area contributed by atoms with Crippen molar-refractivity contribution in [2.24, 2.45) is 0 Å². The summed E-state index contributed by atoms with van der Waals surface area (Å²) in [5.74, 6) is -0.392. The molecule has 24 heteroatoms. The fourth-order valence-corrected chi connectivity index (χ4v) is 5.76. The second-order valence-corrected chi connectivity index (χ2v) is 11.1. The Bertz CT molecular complexity index is 1320. The number of aromatic nitrogens is 4. The molecule has 0 aliphatic carbocycles. The number of imidazole rings is 1. The normalized spacial score (nSPS) is 26.9. The Balaban J connectivity index is 1.76. The van der Waals surface area contributed by atoms with Gasteiger partial charge in [0.25, 0.3) is 21.2 Å². The van der Waals surface area contributed by atoms with Crippen molar-refractivity contribution in [1.29, 1.82) is 0 Å². The first kappa shape index (κ1) is 28.6. The molecule has 2 aromatic heterocycles. The molecular weight excluding hydrogens is 563 g/mol. The van der Waals surface area contributed by atoms with E-state index in [1.165, 1.54) is 0 Å². The molecule has 7 atom stereocenters. The van der Waals surface area contributed by atoms with Gasteiger partial charge in [-0.15, -0.1) is 0 Å². The first-order valence-corrected chi connectivity index (χ1v) is 13.5. The number of aldehydes is 1. The van der Waals surface area contributed by atoms with Crippen LogP contribution in [0.1, 0.15) is 6.23 Å². The summed E-state index contributed by atoms with van der Waals surface area (Å²) in [6.45, 7) is -1.19. The van der Waals surface area contributed by atoms with Crippen LogP contribution in [0.25, 0.3) is 11.2 Å². The number of rotatable bonds is 11. The summed E-state index contributed by atoms with van der Waals surface area (Å²) in [6, 6.07) is 0. The summed E-state index contributed by atoms with van der Waals surface area (Å²) in [5, 5.41) is 32.0. The number of aromatic amines is 1. The second-order valence-electron chi connectivity index (χ2n) is 6.81. The number of aliphatic hydroxyl groups excluding tert-OH is 3. The molecule has 3 heterocycles. The smallest absolute Gasteiger partial charge is 0.280 e. The van der Waals surface area contributed by atoms with Crippen LogP contribution in [0.2, 0.25) is 0 Å². The maximum atomic E-state index is 12.2. The molecule has 1 saturated heterocycles. The number of carbonyl (C=O) groups is 1. The van der Waals surface area contributed by atoms with Crippen molar-refractivity contribution >= 4 is 46.9 Å². The van der Waals surface area contributed by atoms with E-state index in [1.807, 2.05) is 0 Å². The van der Waals surface area contributed by atoms with E-state index >= 15 is 0 Å². The summed E-state index contributed by atoms with van der Waals surface area (Å²) in [4.78, 5) is 76.2. The van der Waals surface area contributed by atoms with Gasteiger partial charge in [-0.05, 0) is 0 Å². The van der Waals surface area contributed by atoms with Crippen LogP contribution in [0.15, 0.2) is 11.1 Å². The van der Waals surface area contributed by atoms with Crippen LogP contribution in [0.5, 0.6) is 0 Å². The highest BCUT2D eigenvalue weighted by atomic mass is 31.3. The molecule has 5 N–H and O–H groups in total. The highest BCUT2D eigenvalue weighted by molar-refractivity contribution is 7.64. The third-order valence-corrected chi connectivity index (χ3v) is 7.92. The number of ether oxygens (including phenoxy) is 1. The van der Waals surface area contributed by atoms with E-state index in [1.54, 1.807) is 0 Å². The largest absolute Gasteiger partial charge is 0.790 e. The molecule has 0 radical (unpaired) electrons. The molecule has 0 amide bonds. The van der Waals surface area contributed by atoms with Gasteiger partial charge in [0.05, 0.1) is 20.8 Å². The Morgan fingerprint density at radius 3 is 2.47 bits per heavy atom. The summed E-state index contributed by atoms with van der Waals surface area (Å²) in [7, 11) is -18.3. The van der Waals surface area contributed by atoms with Gasteiger partial charge in [0.15, 0.2) is 29.9 Å². The van der Waals surface area contributed by atoms with E-state index < -0.39 is 72.4 Å². The lowest BCUT2D eigenvalue weighted by atomic mass is 10.1. The zero-order valence-corrected chi connectivity index (χ0v) is 19.8. The predicted molar refractivity (Wildman–Crippen MR) is 101 cm³/mol. The van der Waals surface area contributed by atoms with Gasteiger partial charge in [0, 0.05) is 0 Å². The van der Waals surface area contributed by atoms with E-state index in [4.69, 9.17) is 4.74 Å². The Kier molecular flexibility index (Phi) is 8.31. The minimum absolute atomic E-state index is 0.0859. The molecule has 36 heavy (non-hydrogen) atoms. The van der Waals surface area contributed by atoms with Gasteiger partial charge >= 0.3 is 0 Å². The van der Waals surface area contributed by atoms with Crippen molar-refractivity contribution in [1.82, 2.24) is 19.5 Å². The summed E-state index contributed by atoms with van der Waals surface area (Å²) in [6.07, 6.45) is -7.70. The molecule has 2 aromatic rings. The van der Waals surface area contributed by atoms with Crippen LogP contribution in [0, 0.1) is 0 Å². The Hall–Kier alpha value is -1.93. The average Bonchev–Trinajstić information content (AvgIpc) is 3.25. The van der Waals surface area contributed by atoms with Gasteiger partial charge in [-0.2, -0.15) is 4.98 Å². The van der Waals surface area contributed by atoms with E-state index in [2.05, 4.69) is 33.4 Å². The van der Waals surface area contributed by atoms with Crippen LogP contribution < -0.4 is 30.4 Å². The zero-order chi connectivity index (χ0) is 27.1. The molecular formula is C12H14N5O16P3-4. The Labute approximate surface area is 197 Å². The number of anilines is 1. The minimum atomic E-state index is -6.22. The monoisotopic (exact) mass is 577 g/mol. The lowest BCUT2D eigenvalue weighted by Crippen LogP contribution is -2.34. The van der Waals surface area contributed by atoms with E-state index in [-0.39, 0.29) is 17.5 Å². The fraction of sp³-hybridized carbons (Fsp3) is 0.500. The molecule has 3 rings (SSSR count). The summed E-state index contributed by atoms with van der Waals surface area (Å²) < 4.78 is 50.1. The first-order chi connectivity index (χ1) is 16.5. The summed E-state index contributed by atoms with van der Waals surface area (Å²) in [5.41, 5.74) is -1.43. The maximum Gasteiger partial charge on any atom is 0.280 e. The number of nitrogens with one attached hydrogen (secondary N) is 2. The number of phosphoric ester groups is 1. The fourth-order valence-electron chi connectivity index (χ4n) is 2.90. The number of hydrogen-bond acceptors (Lipinski definition) is 19. The average molecular weight is 577 g/mol. The molecule has 1 aliphatic rings. The van der Waals surface area contributed by atoms with Gasteiger partial charge < -0.3 is 54.0 Å². The first-order valence-electron chi connectivity index (χ1n) is 9.11. The molecule has 21 nitrogen and oxygen atoms in total. The number of H-pyrrole nitrogens is 1. The van der Waals surface area contributed by atoms with Crippen LogP contribution >= 0.6 is 23.5 Å². The second kappa shape index (κ2) is 10.4. The van der Waals surface area contributed by atoms with Gasteiger partial charge in [-0.25, -0.2) is 9.29 Å². The third kappa shape index (κ3) is 6.88. The van der Waals surface area contributed by atoms with Crippen molar-refractivity contribution < 1.29 is 71.3 Å². The summed E-state index contributed by atoms with van der Waals surface area (Å²) >= 11 is 0. The zero-order valence-electron chi connectivity index (χ0n) is 17.1. The number of aliphatic hydroxyl groups is 3. The molecule has 1 aliphatic heterocycles. The molecule has 0 bridgehead atoms. The predicted octanol–water partition coefficient (Wildman–Crippen LogP) is -5.52. The van der Waals surface area contributed by atoms with Crippen molar-refractivity contribution in [3.8, 4) is 0 Å². The number of carbonyl (C=O) groups excluding carboxylic acids is 1. The molecule has 0 spiro atoms. The molecule has 0 aromatic carbocycles. The van der Waals surface area contributed by atoms with Crippen LogP contribution in [-0.4, -0.2) is 72.3 Å². The maximum absolute atomic E-state index is 12.2. The topological polar surface area (TPSA) is 334 Å². The lowest BCUT2D eigenvalue weighted by Gasteiger charge is -2.37. The van der Waals surface area contributed by atoms with E-state index in [9.17, 15) is 58.2 Å². The van der Waals surface area contributed by atoms with Crippen LogP contribution in [0.3, 0.4) is 0 Å². The van der Waals surface area contributed by atoms with Gasteiger partial charge in [-0.3, -0.25) is 32.6 Å². The molecule has 1 fully saturated rings. The highest BCUT2D eigenvalue weighted by Crippen LogP contribution is 2.60. The molecule has 3 unspecified atom stereocenters. The van der Waals surface area contributed by atoms with E-state index in [0.29, 0.717) is 0 Å². The minimum Gasteiger partial charge on any atom is -0.790 e. The number of fused-ring (bicyclic) bond motifs is 1. The van der Waals surface area contributed by atoms with Gasteiger partial charge in [0.2, 0.25) is 5.95 Å². The van der Waals surface area contributed by atoms with E-state index in [0.717, 1.165) is 10.9 Å². The lowest BCUT2D eigenvalue weighted by molar-refractivity contribution is -0.339. The van der Waals surface area contributed by atoms with Crippen molar-refractivity contribution in [3.05, 3.63) is 16.7 Å². The number of nitrogens with zero attached hydrogens (tertiary/aromatic N) is 3. The van der Waals surface area contributed by atoms with Crippen molar-refractivity contribution in [2.45, 2.75) is 30.8 Å². The third-order valence-electron chi connectivity index (χ3n) is 4.25. The van der Waals surface area contributed by atoms with Crippen molar-refractivity contribution in [3.63, 3.8) is 0 Å². The SMILES string of the molecule is O=CC(O)Nc1nc2c(ncn2[C@@H]2O[C@H](COP(=O)([O-])OP(=O)([O-])OP(=O)([O-])[O-])[C@@H](O)[C@H]2O)c(=O)[nH]1. The van der Waals surface area contributed by atoms with Gasteiger partial charge in [-0.1, -0.05) is 0 Å².